The molecule has 1 aromatic carbocycles. The predicted octanol–water partition coefficient (Wildman–Crippen LogP) is 4.34. The number of nitrogens with zero attached hydrogens (tertiary/aromatic N) is 3. The van der Waals surface area contributed by atoms with Crippen molar-refractivity contribution in [3.05, 3.63) is 70.6 Å². The topological polar surface area (TPSA) is 73.0 Å². The Kier molecular flexibility index (Phi) is 5.26. The first-order valence-corrected chi connectivity index (χ1v) is 9.95. The van der Waals surface area contributed by atoms with Gasteiger partial charge < -0.3 is 14.3 Å². The summed E-state index contributed by atoms with van der Waals surface area (Å²) in [6.45, 7) is 4.26. The third-order valence-electron chi connectivity index (χ3n) is 4.64. The molecule has 0 saturated carbocycles. The SMILES string of the molecule is Cc1cc(-c2nnc(-c3cccs3)o2)c(C)n1CC(=O)NCc1cccc(F)c1. The van der Waals surface area contributed by atoms with Crippen LogP contribution < -0.4 is 5.32 Å². The Labute approximate surface area is 171 Å². The molecule has 0 fully saturated rings. The Hall–Kier alpha value is -3.26. The number of carbonyl (C=O) groups is 1. The van der Waals surface area contributed by atoms with Gasteiger partial charge in [-0.25, -0.2) is 4.39 Å². The van der Waals surface area contributed by atoms with Crippen molar-refractivity contribution in [3.8, 4) is 22.2 Å². The van der Waals surface area contributed by atoms with Crippen LogP contribution in [0.2, 0.25) is 0 Å². The lowest BCUT2D eigenvalue weighted by Crippen LogP contribution is -2.27. The minimum atomic E-state index is -0.319. The standard InChI is InChI=1S/C21H19FN4O2S/c1-13-9-17(20-24-25-21(28-20)18-7-4-8-29-18)14(2)26(13)12-19(27)23-11-15-5-3-6-16(22)10-15/h3-10H,11-12H2,1-2H3,(H,23,27). The van der Waals surface area contributed by atoms with Crippen LogP contribution >= 0.6 is 11.3 Å². The molecule has 6 nitrogen and oxygen atoms in total. The van der Waals surface area contributed by atoms with Crippen molar-refractivity contribution >= 4 is 17.2 Å². The number of amides is 1. The quantitative estimate of drug-likeness (QED) is 0.513. The molecule has 29 heavy (non-hydrogen) atoms. The van der Waals surface area contributed by atoms with E-state index >= 15 is 0 Å². The van der Waals surface area contributed by atoms with Crippen molar-refractivity contribution in [2.45, 2.75) is 26.9 Å². The van der Waals surface area contributed by atoms with E-state index in [0.717, 1.165) is 21.8 Å². The fraction of sp³-hybridized carbons (Fsp3) is 0.190. The third-order valence-corrected chi connectivity index (χ3v) is 5.50. The predicted molar refractivity (Wildman–Crippen MR) is 109 cm³/mol. The molecule has 4 aromatic rings. The molecule has 0 radical (unpaired) electrons. The zero-order chi connectivity index (χ0) is 20.4. The van der Waals surface area contributed by atoms with E-state index in [1.807, 2.05) is 42.0 Å². The van der Waals surface area contributed by atoms with Crippen molar-refractivity contribution in [2.24, 2.45) is 0 Å². The number of thiophene rings is 1. The van der Waals surface area contributed by atoms with Gasteiger partial charge in [0.2, 0.25) is 11.8 Å². The van der Waals surface area contributed by atoms with E-state index in [1.165, 1.54) is 23.5 Å². The first kappa shape index (κ1) is 19.1. The molecular formula is C21H19FN4O2S. The van der Waals surface area contributed by atoms with Gasteiger partial charge in [-0.15, -0.1) is 21.5 Å². The Bertz CT molecular complexity index is 1150. The molecule has 0 aliphatic heterocycles. The van der Waals surface area contributed by atoms with Crippen LogP contribution in [0.3, 0.4) is 0 Å². The lowest BCUT2D eigenvalue weighted by molar-refractivity contribution is -0.121. The Morgan fingerprint density at radius 3 is 2.76 bits per heavy atom. The Morgan fingerprint density at radius 2 is 2.00 bits per heavy atom. The fourth-order valence-corrected chi connectivity index (χ4v) is 3.78. The summed E-state index contributed by atoms with van der Waals surface area (Å²) in [5.41, 5.74) is 3.29. The summed E-state index contributed by atoms with van der Waals surface area (Å²) >= 11 is 1.53. The van der Waals surface area contributed by atoms with Crippen LogP contribution in [0.15, 0.2) is 52.3 Å². The van der Waals surface area contributed by atoms with Crippen molar-refractivity contribution in [1.82, 2.24) is 20.1 Å². The van der Waals surface area contributed by atoms with E-state index in [2.05, 4.69) is 15.5 Å². The summed E-state index contributed by atoms with van der Waals surface area (Å²) in [6.07, 6.45) is 0. The van der Waals surface area contributed by atoms with E-state index in [9.17, 15) is 9.18 Å². The van der Waals surface area contributed by atoms with Gasteiger partial charge in [0.1, 0.15) is 12.4 Å². The van der Waals surface area contributed by atoms with Gasteiger partial charge in [0.25, 0.3) is 5.89 Å². The smallest absolute Gasteiger partial charge is 0.258 e. The highest BCUT2D eigenvalue weighted by Crippen LogP contribution is 2.30. The summed E-state index contributed by atoms with van der Waals surface area (Å²) in [5, 5.41) is 13.1. The zero-order valence-corrected chi connectivity index (χ0v) is 16.8. The van der Waals surface area contributed by atoms with Crippen LogP contribution in [0.5, 0.6) is 0 Å². The number of aromatic nitrogens is 3. The van der Waals surface area contributed by atoms with Gasteiger partial charge >= 0.3 is 0 Å². The minimum Gasteiger partial charge on any atom is -0.415 e. The molecule has 0 saturated heterocycles. The highest BCUT2D eigenvalue weighted by atomic mass is 32.1. The molecule has 3 heterocycles. The molecule has 0 atom stereocenters. The van der Waals surface area contributed by atoms with Crippen LogP contribution in [0.1, 0.15) is 17.0 Å². The molecule has 0 aliphatic carbocycles. The van der Waals surface area contributed by atoms with Crippen molar-refractivity contribution in [3.63, 3.8) is 0 Å². The number of hydrogen-bond acceptors (Lipinski definition) is 5. The second-order valence-electron chi connectivity index (χ2n) is 6.67. The van der Waals surface area contributed by atoms with E-state index in [0.29, 0.717) is 17.3 Å². The van der Waals surface area contributed by atoms with Gasteiger partial charge in [0.15, 0.2) is 0 Å². The van der Waals surface area contributed by atoms with Crippen molar-refractivity contribution in [1.29, 1.82) is 0 Å². The number of rotatable bonds is 6. The largest absolute Gasteiger partial charge is 0.415 e. The number of carbonyl (C=O) groups excluding carboxylic acids is 1. The second kappa shape index (κ2) is 8.00. The van der Waals surface area contributed by atoms with Gasteiger partial charge in [-0.2, -0.15) is 0 Å². The van der Waals surface area contributed by atoms with Gasteiger partial charge in [0.05, 0.1) is 10.4 Å². The first-order valence-electron chi connectivity index (χ1n) is 9.07. The van der Waals surface area contributed by atoms with Gasteiger partial charge in [-0.3, -0.25) is 4.79 Å². The number of benzene rings is 1. The molecule has 0 spiro atoms. The lowest BCUT2D eigenvalue weighted by Gasteiger charge is -2.10. The minimum absolute atomic E-state index is 0.152. The molecule has 8 heteroatoms. The van der Waals surface area contributed by atoms with Crippen LogP contribution in [-0.2, 0) is 17.9 Å². The molecule has 1 N–H and O–H groups in total. The molecule has 148 valence electrons. The van der Waals surface area contributed by atoms with E-state index < -0.39 is 0 Å². The second-order valence-corrected chi connectivity index (χ2v) is 7.61. The third kappa shape index (κ3) is 4.12. The number of halogens is 1. The fourth-order valence-electron chi connectivity index (χ4n) is 3.14. The number of aryl methyl sites for hydroxylation is 1. The molecule has 4 rings (SSSR count). The summed E-state index contributed by atoms with van der Waals surface area (Å²) in [7, 11) is 0. The van der Waals surface area contributed by atoms with E-state index in [4.69, 9.17) is 4.42 Å². The molecule has 0 bridgehead atoms. The van der Waals surface area contributed by atoms with Crippen LogP contribution in [-0.4, -0.2) is 20.7 Å². The maximum atomic E-state index is 13.3. The maximum Gasteiger partial charge on any atom is 0.258 e. The average molecular weight is 410 g/mol. The molecule has 3 aromatic heterocycles. The molecule has 0 unspecified atom stereocenters. The maximum absolute atomic E-state index is 13.3. The number of hydrogen-bond donors (Lipinski definition) is 1. The van der Waals surface area contributed by atoms with Crippen LogP contribution in [0, 0.1) is 19.7 Å². The summed E-state index contributed by atoms with van der Waals surface area (Å²) < 4.78 is 21.0. The monoisotopic (exact) mass is 410 g/mol. The summed E-state index contributed by atoms with van der Waals surface area (Å²) in [6, 6.07) is 12.0. The van der Waals surface area contributed by atoms with E-state index in [1.54, 1.807) is 12.1 Å². The van der Waals surface area contributed by atoms with Crippen LogP contribution in [0.25, 0.3) is 22.2 Å². The highest BCUT2D eigenvalue weighted by molar-refractivity contribution is 7.13. The summed E-state index contributed by atoms with van der Waals surface area (Å²) in [5.74, 6) is 0.424. The first-order chi connectivity index (χ1) is 14.0. The van der Waals surface area contributed by atoms with Crippen molar-refractivity contribution < 1.29 is 13.6 Å². The summed E-state index contributed by atoms with van der Waals surface area (Å²) in [4.78, 5) is 13.3. The molecular weight excluding hydrogens is 391 g/mol. The zero-order valence-electron chi connectivity index (χ0n) is 16.0. The normalized spacial score (nSPS) is 11.0. The van der Waals surface area contributed by atoms with E-state index in [-0.39, 0.29) is 24.8 Å². The van der Waals surface area contributed by atoms with Gasteiger partial charge in [-0.05, 0) is 49.1 Å². The lowest BCUT2D eigenvalue weighted by atomic mass is 10.2. The average Bonchev–Trinajstić information content (AvgIpc) is 3.43. The molecule has 1 amide bonds. The highest BCUT2D eigenvalue weighted by Gasteiger charge is 2.18. The Balaban J connectivity index is 1.48. The Morgan fingerprint density at radius 1 is 1.17 bits per heavy atom. The van der Waals surface area contributed by atoms with Crippen molar-refractivity contribution in [2.75, 3.05) is 0 Å². The number of nitrogens with one attached hydrogen (secondary N) is 1. The molecule has 0 aliphatic rings. The van der Waals surface area contributed by atoms with Gasteiger partial charge in [0, 0.05) is 17.9 Å². The van der Waals surface area contributed by atoms with Crippen LogP contribution in [0.4, 0.5) is 4.39 Å². The van der Waals surface area contributed by atoms with Gasteiger partial charge in [-0.1, -0.05) is 18.2 Å².